The fourth-order valence-corrected chi connectivity index (χ4v) is 3.41. The first-order chi connectivity index (χ1) is 9.53. The fourth-order valence-electron chi connectivity index (χ4n) is 2.34. The molecule has 2 rings (SSSR count). The summed E-state index contributed by atoms with van der Waals surface area (Å²) in [7, 11) is -4.00. The molecule has 1 fully saturated rings. The topological polar surface area (TPSA) is 89.7 Å². The third kappa shape index (κ3) is 3.56. The van der Waals surface area contributed by atoms with Crippen LogP contribution in [0.1, 0.15) is 24.3 Å². The highest BCUT2D eigenvalue weighted by Crippen LogP contribution is 2.29. The number of nitrogens with zero attached hydrogens (tertiary/aromatic N) is 1. The maximum atomic E-state index is 11.8. The van der Waals surface area contributed by atoms with Gasteiger partial charge in [0, 0.05) is 13.1 Å². The summed E-state index contributed by atoms with van der Waals surface area (Å²) in [6, 6.07) is 9.99. The standard InChI is InChI=1S/C13H18N2O4S/c14-10-13(16)19-20(17,18)15-8-6-12(7-9-15)11-4-2-1-3-5-11/h1-5,12H,6-10,14H2. The maximum absolute atomic E-state index is 11.8. The molecule has 0 radical (unpaired) electrons. The van der Waals surface area contributed by atoms with Crippen molar-refractivity contribution in [1.82, 2.24) is 4.31 Å². The van der Waals surface area contributed by atoms with Crippen molar-refractivity contribution in [2.75, 3.05) is 19.6 Å². The van der Waals surface area contributed by atoms with Crippen LogP contribution in [-0.2, 0) is 19.3 Å². The van der Waals surface area contributed by atoms with E-state index in [0.29, 0.717) is 31.8 Å². The third-order valence-corrected chi connectivity index (χ3v) is 4.80. The molecular formula is C13H18N2O4S. The smallest absolute Gasteiger partial charge is 0.333 e. The number of benzene rings is 1. The molecule has 1 heterocycles. The quantitative estimate of drug-likeness (QED) is 0.879. The van der Waals surface area contributed by atoms with Gasteiger partial charge in [0.15, 0.2) is 0 Å². The van der Waals surface area contributed by atoms with Crippen molar-refractivity contribution in [3.8, 4) is 0 Å². The van der Waals surface area contributed by atoms with Gasteiger partial charge in [0.1, 0.15) is 0 Å². The monoisotopic (exact) mass is 298 g/mol. The Labute approximate surface area is 118 Å². The molecule has 1 aromatic carbocycles. The average molecular weight is 298 g/mol. The Balaban J connectivity index is 1.96. The maximum Gasteiger partial charge on any atom is 0.387 e. The van der Waals surface area contributed by atoms with E-state index in [2.05, 4.69) is 4.18 Å². The van der Waals surface area contributed by atoms with E-state index in [0.717, 1.165) is 0 Å². The summed E-state index contributed by atoms with van der Waals surface area (Å²) >= 11 is 0. The van der Waals surface area contributed by atoms with E-state index in [9.17, 15) is 13.2 Å². The molecule has 110 valence electrons. The molecule has 0 unspecified atom stereocenters. The SMILES string of the molecule is NCC(=O)OS(=O)(=O)N1CCC(c2ccccc2)CC1. The molecule has 1 aliphatic heterocycles. The van der Waals surface area contributed by atoms with E-state index in [-0.39, 0.29) is 0 Å². The number of hydrogen-bond donors (Lipinski definition) is 1. The zero-order chi connectivity index (χ0) is 14.6. The number of hydrogen-bond acceptors (Lipinski definition) is 5. The molecule has 7 heteroatoms. The van der Waals surface area contributed by atoms with Gasteiger partial charge in [-0.25, -0.2) is 4.79 Å². The third-order valence-electron chi connectivity index (χ3n) is 3.41. The molecule has 0 aliphatic carbocycles. The Morgan fingerprint density at radius 3 is 2.40 bits per heavy atom. The van der Waals surface area contributed by atoms with Crippen molar-refractivity contribution in [2.24, 2.45) is 5.73 Å². The van der Waals surface area contributed by atoms with E-state index >= 15 is 0 Å². The minimum atomic E-state index is -4.00. The van der Waals surface area contributed by atoms with Crippen LogP contribution >= 0.6 is 0 Å². The molecule has 20 heavy (non-hydrogen) atoms. The van der Waals surface area contributed by atoms with Crippen LogP contribution in [0.25, 0.3) is 0 Å². The summed E-state index contributed by atoms with van der Waals surface area (Å²) in [5.41, 5.74) is 6.26. The first-order valence-electron chi connectivity index (χ1n) is 6.50. The van der Waals surface area contributed by atoms with E-state index in [1.54, 1.807) is 0 Å². The minimum Gasteiger partial charge on any atom is -0.333 e. The molecule has 2 N–H and O–H groups in total. The molecular weight excluding hydrogens is 280 g/mol. The summed E-state index contributed by atoms with van der Waals surface area (Å²) < 4.78 is 29.2. The van der Waals surface area contributed by atoms with E-state index in [1.165, 1.54) is 9.87 Å². The van der Waals surface area contributed by atoms with Crippen molar-refractivity contribution < 1.29 is 17.4 Å². The summed E-state index contributed by atoms with van der Waals surface area (Å²) in [5.74, 6) is -0.594. The number of nitrogens with two attached hydrogens (primary N) is 1. The van der Waals surface area contributed by atoms with Crippen LogP contribution in [0.2, 0.25) is 0 Å². The van der Waals surface area contributed by atoms with Gasteiger partial charge in [0.2, 0.25) is 0 Å². The molecule has 6 nitrogen and oxygen atoms in total. The van der Waals surface area contributed by atoms with Crippen molar-refractivity contribution in [3.05, 3.63) is 35.9 Å². The molecule has 1 aromatic rings. The second kappa shape index (κ2) is 6.34. The lowest BCUT2D eigenvalue weighted by Crippen LogP contribution is -2.40. The average Bonchev–Trinajstić information content (AvgIpc) is 2.48. The van der Waals surface area contributed by atoms with Gasteiger partial charge in [-0.1, -0.05) is 30.3 Å². The lowest BCUT2D eigenvalue weighted by molar-refractivity contribution is -0.132. The van der Waals surface area contributed by atoms with Crippen LogP contribution in [0.15, 0.2) is 30.3 Å². The predicted molar refractivity (Wildman–Crippen MR) is 74.1 cm³/mol. The van der Waals surface area contributed by atoms with Gasteiger partial charge in [-0.05, 0) is 24.3 Å². The second-order valence-electron chi connectivity index (χ2n) is 4.70. The highest BCUT2D eigenvalue weighted by Gasteiger charge is 2.31. The molecule has 1 saturated heterocycles. The van der Waals surface area contributed by atoms with Gasteiger partial charge < -0.3 is 9.92 Å². The first kappa shape index (κ1) is 15.0. The molecule has 0 aromatic heterocycles. The van der Waals surface area contributed by atoms with Crippen LogP contribution in [0.3, 0.4) is 0 Å². The van der Waals surface area contributed by atoms with Crippen molar-refractivity contribution in [3.63, 3.8) is 0 Å². The van der Waals surface area contributed by atoms with Gasteiger partial charge in [-0.2, -0.15) is 12.7 Å². The van der Waals surface area contributed by atoms with Crippen LogP contribution in [-0.4, -0.2) is 38.3 Å². The lowest BCUT2D eigenvalue weighted by Gasteiger charge is -2.30. The van der Waals surface area contributed by atoms with Crippen molar-refractivity contribution in [2.45, 2.75) is 18.8 Å². The van der Waals surface area contributed by atoms with Crippen LogP contribution < -0.4 is 5.73 Å². The van der Waals surface area contributed by atoms with Crippen molar-refractivity contribution in [1.29, 1.82) is 0 Å². The number of carbonyl (C=O) groups excluding carboxylic acids is 1. The molecule has 0 spiro atoms. The van der Waals surface area contributed by atoms with Gasteiger partial charge in [-0.15, -0.1) is 0 Å². The Morgan fingerprint density at radius 1 is 1.25 bits per heavy atom. The van der Waals surface area contributed by atoms with Crippen LogP contribution in [0.4, 0.5) is 0 Å². The molecule has 0 atom stereocenters. The van der Waals surface area contributed by atoms with Crippen LogP contribution in [0, 0.1) is 0 Å². The van der Waals surface area contributed by atoms with Gasteiger partial charge in [0.05, 0.1) is 6.54 Å². The Bertz CT molecular complexity index is 551. The highest BCUT2D eigenvalue weighted by atomic mass is 32.2. The van der Waals surface area contributed by atoms with E-state index < -0.39 is 22.8 Å². The van der Waals surface area contributed by atoms with Crippen LogP contribution in [0.5, 0.6) is 0 Å². The largest absolute Gasteiger partial charge is 0.387 e. The molecule has 0 saturated carbocycles. The Morgan fingerprint density at radius 2 is 1.85 bits per heavy atom. The van der Waals surface area contributed by atoms with Gasteiger partial charge >= 0.3 is 16.3 Å². The fraction of sp³-hybridized carbons (Fsp3) is 0.462. The predicted octanol–water partition coefficient (Wildman–Crippen LogP) is 0.613. The van der Waals surface area contributed by atoms with Gasteiger partial charge in [-0.3, -0.25) is 0 Å². The second-order valence-corrected chi connectivity index (χ2v) is 6.24. The van der Waals surface area contributed by atoms with E-state index in [4.69, 9.17) is 5.73 Å². The number of rotatable bonds is 4. The summed E-state index contributed by atoms with van der Waals surface area (Å²) in [4.78, 5) is 11.0. The number of piperidine rings is 1. The summed E-state index contributed by atoms with van der Waals surface area (Å²) in [6.45, 7) is 0.249. The first-order valence-corrected chi connectivity index (χ1v) is 7.87. The molecule has 0 amide bonds. The normalized spacial score (nSPS) is 17.9. The Hall–Kier alpha value is -1.44. The van der Waals surface area contributed by atoms with Gasteiger partial charge in [0.25, 0.3) is 0 Å². The van der Waals surface area contributed by atoms with Crippen molar-refractivity contribution >= 4 is 16.3 Å². The summed E-state index contributed by atoms with van der Waals surface area (Å²) in [5, 5.41) is 0. The minimum absolute atomic E-state index is 0.341. The lowest BCUT2D eigenvalue weighted by atomic mass is 9.90. The Kier molecular flexibility index (Phi) is 4.74. The number of carbonyl (C=O) groups is 1. The zero-order valence-corrected chi connectivity index (χ0v) is 11.9. The van der Waals surface area contributed by atoms with E-state index in [1.807, 2.05) is 30.3 Å². The molecule has 0 bridgehead atoms. The molecule has 1 aliphatic rings. The summed E-state index contributed by atoms with van der Waals surface area (Å²) in [6.07, 6.45) is 1.42. The highest BCUT2D eigenvalue weighted by molar-refractivity contribution is 7.84. The zero-order valence-electron chi connectivity index (χ0n) is 11.1.